The molecule has 0 atom stereocenters. The third-order valence-corrected chi connectivity index (χ3v) is 5.96. The van der Waals surface area contributed by atoms with Crippen LogP contribution in [0.2, 0.25) is 5.02 Å². The van der Waals surface area contributed by atoms with Gasteiger partial charge in [0.2, 0.25) is 0 Å². The van der Waals surface area contributed by atoms with E-state index in [2.05, 4.69) is 11.2 Å². The average Bonchev–Trinajstić information content (AvgIpc) is 3.44. The molecule has 3 heterocycles. The van der Waals surface area contributed by atoms with E-state index in [-0.39, 0.29) is 12.3 Å². The molecule has 0 aliphatic carbocycles. The summed E-state index contributed by atoms with van der Waals surface area (Å²) in [5, 5.41) is 15.1. The predicted octanol–water partition coefficient (Wildman–Crippen LogP) is 5.20. The highest BCUT2D eigenvalue weighted by atomic mass is 35.5. The van der Waals surface area contributed by atoms with Crippen molar-refractivity contribution in [2.24, 2.45) is 0 Å². The van der Waals surface area contributed by atoms with Gasteiger partial charge in [0.05, 0.1) is 46.6 Å². The van der Waals surface area contributed by atoms with Gasteiger partial charge in [0.15, 0.2) is 0 Å². The van der Waals surface area contributed by atoms with Crippen LogP contribution in [0.25, 0.3) is 15.9 Å². The molecule has 0 radical (unpaired) electrons. The number of amides is 1. The maximum Gasteiger partial charge on any atom is 0.264 e. The molecule has 4 rings (SSSR count). The van der Waals surface area contributed by atoms with Crippen LogP contribution < -0.4 is 0 Å². The zero-order valence-electron chi connectivity index (χ0n) is 15.6. The number of nitriles is 1. The van der Waals surface area contributed by atoms with Gasteiger partial charge in [0.25, 0.3) is 5.91 Å². The van der Waals surface area contributed by atoms with Crippen molar-refractivity contribution in [2.45, 2.75) is 19.9 Å². The minimum absolute atomic E-state index is 0.136. The molecule has 0 saturated heterocycles. The van der Waals surface area contributed by atoms with Crippen LogP contribution in [0.4, 0.5) is 0 Å². The van der Waals surface area contributed by atoms with Crippen molar-refractivity contribution in [2.75, 3.05) is 6.54 Å². The van der Waals surface area contributed by atoms with Crippen molar-refractivity contribution < 1.29 is 9.21 Å². The standard InChI is InChI=1S/C21H17ClN4O2S/c1-14-16-12-19(20(27)25(10-5-9-23)13-15-6-4-11-28-15)29-21(16)26(24-14)18-8-3-2-7-17(18)22/h2-4,6-8,11-12H,5,10,13H2,1H3. The number of halogens is 1. The minimum Gasteiger partial charge on any atom is -0.467 e. The highest BCUT2D eigenvalue weighted by Crippen LogP contribution is 2.33. The number of fused-ring (bicyclic) bond motifs is 1. The lowest BCUT2D eigenvalue weighted by atomic mass is 10.2. The molecular formula is C21H17ClN4O2S. The molecule has 0 spiro atoms. The molecule has 0 aliphatic rings. The third kappa shape index (κ3) is 3.77. The van der Waals surface area contributed by atoms with Gasteiger partial charge >= 0.3 is 0 Å². The van der Waals surface area contributed by atoms with Gasteiger partial charge in [-0.3, -0.25) is 4.79 Å². The van der Waals surface area contributed by atoms with E-state index in [4.69, 9.17) is 21.3 Å². The molecule has 4 aromatic rings. The summed E-state index contributed by atoms with van der Waals surface area (Å²) in [7, 11) is 0. The lowest BCUT2D eigenvalue weighted by Crippen LogP contribution is -2.30. The van der Waals surface area contributed by atoms with E-state index in [0.29, 0.717) is 28.7 Å². The van der Waals surface area contributed by atoms with Crippen LogP contribution >= 0.6 is 22.9 Å². The maximum atomic E-state index is 13.2. The Labute approximate surface area is 176 Å². The molecule has 0 aliphatic heterocycles. The first-order chi connectivity index (χ1) is 14.1. The number of para-hydroxylation sites is 1. The van der Waals surface area contributed by atoms with Gasteiger partial charge in [-0.25, -0.2) is 4.68 Å². The summed E-state index contributed by atoms with van der Waals surface area (Å²) in [6.45, 7) is 2.56. The maximum absolute atomic E-state index is 13.2. The summed E-state index contributed by atoms with van der Waals surface area (Å²) in [4.78, 5) is 16.3. The molecule has 0 saturated carbocycles. The van der Waals surface area contributed by atoms with Crippen LogP contribution in [0.5, 0.6) is 0 Å². The Hall–Kier alpha value is -3.08. The molecule has 0 unspecified atom stereocenters. The van der Waals surface area contributed by atoms with Gasteiger partial charge in [-0.15, -0.1) is 11.3 Å². The molecule has 0 fully saturated rings. The van der Waals surface area contributed by atoms with E-state index in [1.807, 2.05) is 43.3 Å². The molecule has 146 valence electrons. The fourth-order valence-electron chi connectivity index (χ4n) is 3.12. The van der Waals surface area contributed by atoms with Gasteiger partial charge in [0.1, 0.15) is 10.6 Å². The summed E-state index contributed by atoms with van der Waals surface area (Å²) in [5.41, 5.74) is 1.59. The van der Waals surface area contributed by atoms with E-state index in [9.17, 15) is 4.79 Å². The highest BCUT2D eigenvalue weighted by Gasteiger charge is 2.22. The lowest BCUT2D eigenvalue weighted by Gasteiger charge is -2.19. The third-order valence-electron chi connectivity index (χ3n) is 4.54. The number of carbonyl (C=O) groups is 1. The van der Waals surface area contributed by atoms with Gasteiger partial charge in [0, 0.05) is 11.9 Å². The second-order valence-corrected chi connectivity index (χ2v) is 7.93. The van der Waals surface area contributed by atoms with E-state index in [0.717, 1.165) is 21.6 Å². The second kappa shape index (κ2) is 8.11. The number of hydrogen-bond acceptors (Lipinski definition) is 5. The lowest BCUT2D eigenvalue weighted by molar-refractivity contribution is 0.0740. The van der Waals surface area contributed by atoms with Crippen molar-refractivity contribution in [3.05, 3.63) is 70.1 Å². The van der Waals surface area contributed by atoms with E-state index in [1.165, 1.54) is 11.3 Å². The van der Waals surface area contributed by atoms with Crippen molar-refractivity contribution in [1.29, 1.82) is 5.26 Å². The average molecular weight is 425 g/mol. The molecule has 3 aromatic heterocycles. The zero-order valence-corrected chi connectivity index (χ0v) is 17.2. The first kappa shape index (κ1) is 19.2. The van der Waals surface area contributed by atoms with Crippen molar-refractivity contribution in [1.82, 2.24) is 14.7 Å². The van der Waals surface area contributed by atoms with Crippen LogP contribution in [0.1, 0.15) is 27.5 Å². The fraction of sp³-hybridized carbons (Fsp3) is 0.190. The number of furan rings is 1. The summed E-state index contributed by atoms with van der Waals surface area (Å²) in [6, 6.07) is 15.0. The Kier molecular flexibility index (Phi) is 5.38. The number of benzene rings is 1. The van der Waals surface area contributed by atoms with Crippen molar-refractivity contribution in [3.8, 4) is 11.8 Å². The van der Waals surface area contributed by atoms with E-state index >= 15 is 0 Å². The van der Waals surface area contributed by atoms with Crippen molar-refractivity contribution in [3.63, 3.8) is 0 Å². The normalized spacial score (nSPS) is 10.9. The number of nitrogens with zero attached hydrogens (tertiary/aromatic N) is 4. The molecule has 1 amide bonds. The van der Waals surface area contributed by atoms with Crippen LogP contribution in [0.3, 0.4) is 0 Å². The monoisotopic (exact) mass is 424 g/mol. The van der Waals surface area contributed by atoms with Gasteiger partial charge < -0.3 is 9.32 Å². The Morgan fingerprint density at radius 1 is 1.34 bits per heavy atom. The Bertz CT molecular complexity index is 1200. The van der Waals surface area contributed by atoms with Crippen LogP contribution in [-0.2, 0) is 6.54 Å². The minimum atomic E-state index is -0.136. The topological polar surface area (TPSA) is 75.1 Å². The Balaban J connectivity index is 1.71. The molecule has 6 nitrogen and oxygen atoms in total. The largest absolute Gasteiger partial charge is 0.467 e. The summed E-state index contributed by atoms with van der Waals surface area (Å²) < 4.78 is 7.16. The Morgan fingerprint density at radius 3 is 2.90 bits per heavy atom. The first-order valence-electron chi connectivity index (χ1n) is 9.01. The first-order valence-corrected chi connectivity index (χ1v) is 10.2. The summed E-state index contributed by atoms with van der Waals surface area (Å²) >= 11 is 7.72. The fourth-order valence-corrected chi connectivity index (χ4v) is 4.48. The number of carbonyl (C=O) groups excluding carboxylic acids is 1. The molecule has 29 heavy (non-hydrogen) atoms. The summed E-state index contributed by atoms with van der Waals surface area (Å²) in [5.74, 6) is 0.541. The quantitative estimate of drug-likeness (QED) is 0.426. The Morgan fingerprint density at radius 2 is 2.17 bits per heavy atom. The predicted molar refractivity (Wildman–Crippen MR) is 112 cm³/mol. The molecule has 0 N–H and O–H groups in total. The van der Waals surface area contributed by atoms with E-state index < -0.39 is 0 Å². The number of hydrogen-bond donors (Lipinski definition) is 0. The van der Waals surface area contributed by atoms with Gasteiger partial charge in [-0.05, 0) is 37.3 Å². The van der Waals surface area contributed by atoms with Crippen molar-refractivity contribution >= 4 is 39.1 Å². The molecular weight excluding hydrogens is 408 g/mol. The molecule has 0 bridgehead atoms. The number of thiophene rings is 1. The zero-order chi connectivity index (χ0) is 20.4. The molecule has 8 heteroatoms. The SMILES string of the molecule is Cc1nn(-c2ccccc2Cl)c2sc(C(=O)N(CCC#N)Cc3ccco3)cc12. The van der Waals surface area contributed by atoms with Gasteiger partial charge in [-0.1, -0.05) is 23.7 Å². The molecule has 1 aromatic carbocycles. The number of aryl methyl sites for hydroxylation is 1. The van der Waals surface area contributed by atoms with Crippen LogP contribution in [-0.4, -0.2) is 27.1 Å². The second-order valence-electron chi connectivity index (χ2n) is 6.49. The van der Waals surface area contributed by atoms with Crippen LogP contribution in [0, 0.1) is 18.3 Å². The number of rotatable bonds is 6. The van der Waals surface area contributed by atoms with E-state index in [1.54, 1.807) is 21.9 Å². The highest BCUT2D eigenvalue weighted by molar-refractivity contribution is 7.20. The van der Waals surface area contributed by atoms with Crippen LogP contribution in [0.15, 0.2) is 53.1 Å². The smallest absolute Gasteiger partial charge is 0.264 e. The number of aromatic nitrogens is 2. The summed E-state index contributed by atoms with van der Waals surface area (Å²) in [6.07, 6.45) is 1.83. The van der Waals surface area contributed by atoms with Gasteiger partial charge in [-0.2, -0.15) is 10.4 Å².